The van der Waals surface area contributed by atoms with Gasteiger partial charge in [0, 0.05) is 5.16 Å². The summed E-state index contributed by atoms with van der Waals surface area (Å²) >= 11 is 2.56. The third-order valence-electron chi connectivity index (χ3n) is 5.19. The Kier molecular flexibility index (Phi) is 10.3. The molecule has 0 saturated carbocycles. The van der Waals surface area contributed by atoms with Gasteiger partial charge in [-0.2, -0.15) is 0 Å². The molecule has 0 aliphatic carbocycles. The molecule has 1 radical (unpaired) electrons. The van der Waals surface area contributed by atoms with Crippen LogP contribution in [0.1, 0.15) is 59.4 Å². The van der Waals surface area contributed by atoms with Crippen LogP contribution in [0, 0.1) is 11.3 Å². The third kappa shape index (κ3) is 8.03. The van der Waals surface area contributed by atoms with Gasteiger partial charge in [0.05, 0.1) is 6.61 Å². The highest BCUT2D eigenvalue weighted by molar-refractivity contribution is 14.2. The maximum Gasteiger partial charge on any atom is 0.161 e. The minimum atomic E-state index is -0.486. The van der Waals surface area contributed by atoms with Crippen LogP contribution in [-0.4, -0.2) is 18.7 Å². The molecule has 0 heterocycles. The second-order valence-electron chi connectivity index (χ2n) is 8.91. The lowest BCUT2D eigenvalue weighted by Gasteiger charge is -2.38. The number of hydrogen-bond donors (Lipinski definition) is 1. The zero-order valence-electron chi connectivity index (χ0n) is 17.8. The molecule has 149 valence electrons. The first kappa shape index (κ1) is 24.9. The van der Waals surface area contributed by atoms with Crippen LogP contribution in [0.3, 0.4) is 0 Å². The number of hydrogen-bond acceptors (Lipinski definition) is 1. The van der Waals surface area contributed by atoms with E-state index in [9.17, 15) is 5.11 Å². The van der Waals surface area contributed by atoms with Crippen molar-refractivity contribution in [2.45, 2.75) is 65.4 Å². The maximum absolute atomic E-state index is 10.2. The molecule has 0 saturated heterocycles. The Morgan fingerprint density at radius 2 is 1.78 bits per heavy atom. The summed E-state index contributed by atoms with van der Waals surface area (Å²) in [5.41, 5.74) is 3.46. The monoisotopic (exact) mass is 497 g/mol. The average Bonchev–Trinajstić information content (AvgIpc) is 2.58. The van der Waals surface area contributed by atoms with Gasteiger partial charge in [-0.15, -0.1) is 13.2 Å². The lowest BCUT2D eigenvalue weighted by molar-refractivity contribution is 0.256. The number of halogens is 1. The largest absolute Gasteiger partial charge is 0.395 e. The van der Waals surface area contributed by atoms with Gasteiger partial charge in [-0.1, -0.05) is 89.1 Å². The maximum atomic E-state index is 10.2. The van der Waals surface area contributed by atoms with Gasteiger partial charge >= 0.3 is 0 Å². The van der Waals surface area contributed by atoms with Crippen molar-refractivity contribution in [2.75, 3.05) is 6.61 Å². The molecule has 1 aromatic rings. The van der Waals surface area contributed by atoms with Gasteiger partial charge in [0.25, 0.3) is 0 Å². The number of aliphatic hydroxyl groups excluding tert-OH is 1. The number of rotatable bonds is 12. The summed E-state index contributed by atoms with van der Waals surface area (Å²) in [4.78, 5) is 0. The SMILES string of the molecule is C=C(C)CC(C)CC(C)(C[B]P(I)C(C)(CO)c1ccccc1)CC(=C)C. The highest BCUT2D eigenvalue weighted by atomic mass is 127. The average molecular weight is 497 g/mol. The van der Waals surface area contributed by atoms with Crippen LogP contribution in [-0.2, 0) is 5.16 Å². The molecular formula is C23H36BIOP. The highest BCUT2D eigenvalue weighted by Gasteiger charge is 2.36. The van der Waals surface area contributed by atoms with Crippen LogP contribution < -0.4 is 0 Å². The van der Waals surface area contributed by atoms with E-state index < -0.39 is 5.44 Å². The van der Waals surface area contributed by atoms with Gasteiger partial charge in [-0.3, -0.25) is 0 Å². The van der Waals surface area contributed by atoms with Crippen LogP contribution in [0.15, 0.2) is 54.6 Å². The van der Waals surface area contributed by atoms with E-state index in [1.807, 2.05) is 6.07 Å². The van der Waals surface area contributed by atoms with Crippen LogP contribution in [0.2, 0.25) is 6.32 Å². The van der Waals surface area contributed by atoms with Gasteiger partial charge in [0.15, 0.2) is 7.00 Å². The molecular weight excluding hydrogens is 461 g/mol. The van der Waals surface area contributed by atoms with Crippen LogP contribution >= 0.6 is 27.5 Å². The molecule has 4 unspecified atom stereocenters. The number of benzene rings is 1. The molecule has 0 amide bonds. The predicted molar refractivity (Wildman–Crippen MR) is 133 cm³/mol. The Balaban J connectivity index is 2.89. The topological polar surface area (TPSA) is 20.2 Å². The minimum Gasteiger partial charge on any atom is -0.395 e. The summed E-state index contributed by atoms with van der Waals surface area (Å²) < 4.78 is 0. The van der Waals surface area contributed by atoms with Gasteiger partial charge in [-0.05, 0) is 56.9 Å². The second-order valence-corrected chi connectivity index (χ2v) is 14.0. The van der Waals surface area contributed by atoms with Gasteiger partial charge < -0.3 is 5.11 Å². The van der Waals surface area contributed by atoms with E-state index >= 15 is 0 Å². The van der Waals surface area contributed by atoms with E-state index in [1.54, 1.807) is 0 Å². The molecule has 27 heavy (non-hydrogen) atoms. The van der Waals surface area contributed by atoms with Gasteiger partial charge in [0.2, 0.25) is 0 Å². The molecule has 0 spiro atoms. The quantitative estimate of drug-likeness (QED) is 0.136. The third-order valence-corrected chi connectivity index (χ3v) is 11.4. The molecule has 1 nitrogen and oxygen atoms in total. The number of aliphatic hydroxyl groups is 1. The first-order chi connectivity index (χ1) is 12.5. The zero-order chi connectivity index (χ0) is 20.7. The fraction of sp³-hybridized carbons (Fsp3) is 0.565. The molecule has 1 aromatic carbocycles. The van der Waals surface area contributed by atoms with Crippen molar-refractivity contribution in [3.8, 4) is 0 Å². The van der Waals surface area contributed by atoms with E-state index in [1.165, 1.54) is 23.1 Å². The second kappa shape index (κ2) is 11.2. The first-order valence-corrected chi connectivity index (χ1v) is 14.0. The molecule has 4 atom stereocenters. The van der Waals surface area contributed by atoms with Crippen molar-refractivity contribution in [3.63, 3.8) is 0 Å². The Bertz CT molecular complexity index is 620. The summed E-state index contributed by atoms with van der Waals surface area (Å²) in [6.45, 7) is 22.1. The first-order valence-electron chi connectivity index (χ1n) is 9.76. The molecule has 4 heteroatoms. The Hall–Kier alpha value is -0.115. The summed E-state index contributed by atoms with van der Waals surface area (Å²) in [5.74, 6) is 0.624. The minimum absolute atomic E-state index is 0.172. The lowest BCUT2D eigenvalue weighted by Crippen LogP contribution is -2.27. The van der Waals surface area contributed by atoms with E-state index in [-0.39, 0.29) is 17.2 Å². The Labute approximate surface area is 182 Å². The van der Waals surface area contributed by atoms with E-state index in [0.29, 0.717) is 5.92 Å². The lowest BCUT2D eigenvalue weighted by atomic mass is 9.68. The zero-order valence-corrected chi connectivity index (χ0v) is 20.8. The molecule has 0 aliphatic rings. The van der Waals surface area contributed by atoms with Crippen LogP contribution in [0.5, 0.6) is 0 Å². The van der Waals surface area contributed by atoms with Crippen molar-refractivity contribution in [2.24, 2.45) is 11.3 Å². The molecule has 0 bridgehead atoms. The molecule has 0 fully saturated rings. The fourth-order valence-corrected chi connectivity index (χ4v) is 7.46. The predicted octanol–water partition coefficient (Wildman–Crippen LogP) is 7.73. The molecule has 1 N–H and O–H groups in total. The standard InChI is InChI=1S/C23H36BIOP/c1-18(2)13-20(5)15-22(6,14-19(3)4)16-24-27(25)23(7,17-26)21-11-9-8-10-12-21/h8-12,20,26H,1,3,13-17H2,2,4-7H3. The van der Waals surface area contributed by atoms with E-state index in [0.717, 1.165) is 19.2 Å². The summed E-state index contributed by atoms with van der Waals surface area (Å²) in [6, 6.07) is 10.4. The number of allylic oxidation sites excluding steroid dienone is 2. The Morgan fingerprint density at radius 1 is 1.19 bits per heavy atom. The van der Waals surface area contributed by atoms with Crippen molar-refractivity contribution in [1.82, 2.24) is 0 Å². The highest BCUT2D eigenvalue weighted by Crippen LogP contribution is 2.62. The van der Waals surface area contributed by atoms with Gasteiger partial charge in [-0.25, -0.2) is 0 Å². The Morgan fingerprint density at radius 3 is 2.26 bits per heavy atom. The summed E-state index contributed by atoms with van der Waals surface area (Å²) in [6.07, 6.45) is 4.36. The van der Waals surface area contributed by atoms with E-state index in [4.69, 9.17) is 0 Å². The van der Waals surface area contributed by atoms with E-state index in [2.05, 4.69) is 101 Å². The van der Waals surface area contributed by atoms with Crippen molar-refractivity contribution in [1.29, 1.82) is 0 Å². The molecule has 0 aliphatic heterocycles. The normalized spacial score (nSPS) is 18.0. The van der Waals surface area contributed by atoms with Gasteiger partial charge in [0.1, 0.15) is 0 Å². The molecule has 0 aromatic heterocycles. The van der Waals surface area contributed by atoms with Crippen molar-refractivity contribution in [3.05, 3.63) is 60.2 Å². The fourth-order valence-electron chi connectivity index (χ4n) is 4.05. The van der Waals surface area contributed by atoms with Crippen LogP contribution in [0.4, 0.5) is 0 Å². The smallest absolute Gasteiger partial charge is 0.161 e. The van der Waals surface area contributed by atoms with Crippen molar-refractivity contribution >= 4 is 34.5 Å². The van der Waals surface area contributed by atoms with Crippen LogP contribution in [0.25, 0.3) is 0 Å². The summed E-state index contributed by atoms with van der Waals surface area (Å²) in [7, 11) is 0. The molecule has 1 rings (SSSR count). The van der Waals surface area contributed by atoms with Crippen molar-refractivity contribution < 1.29 is 5.11 Å². The summed E-state index contributed by atoms with van der Waals surface area (Å²) in [5, 5.41) is 9.99.